The molecule has 0 aliphatic rings. The molecule has 0 aliphatic carbocycles. The summed E-state index contributed by atoms with van der Waals surface area (Å²) < 4.78 is 29.9. The van der Waals surface area contributed by atoms with E-state index in [0.29, 0.717) is 12.2 Å². The third-order valence-corrected chi connectivity index (χ3v) is 9.19. The molecule has 0 aromatic heterocycles. The Hall–Kier alpha value is -3.17. The monoisotopic (exact) mass is 627 g/mol. The van der Waals surface area contributed by atoms with E-state index in [4.69, 9.17) is 0 Å². The van der Waals surface area contributed by atoms with Crippen LogP contribution in [0.1, 0.15) is 48.9 Å². The number of unbranched alkanes of at least 4 members (excludes halogenated alkanes) is 1. The molecule has 0 radical (unpaired) electrons. The highest BCUT2D eigenvalue weighted by atomic mass is 79.9. The average molecular weight is 629 g/mol. The molecule has 1 atom stereocenters. The summed E-state index contributed by atoms with van der Waals surface area (Å²) in [6.07, 6.45) is 1.75. The minimum atomic E-state index is -4.09. The molecule has 2 amide bonds. The first-order valence-electron chi connectivity index (χ1n) is 13.4. The van der Waals surface area contributed by atoms with Gasteiger partial charge in [0.2, 0.25) is 11.8 Å². The standard InChI is InChI=1S/C31H38BrN3O4S/c1-6-7-17-33-31(37)25(5)34(20-26-9-8-10-27(32)19-26)30(36)21-35(28-14-13-23(3)24(4)18-28)40(38,39)29-15-11-22(2)12-16-29/h8-16,18-19,25H,6-7,17,20-21H2,1-5H3,(H,33,37)/t25-/m1/s1. The van der Waals surface area contributed by atoms with E-state index in [0.717, 1.165) is 43.9 Å². The number of rotatable bonds is 12. The fourth-order valence-corrected chi connectivity index (χ4v) is 6.05. The SMILES string of the molecule is CCCCNC(=O)[C@@H](C)N(Cc1cccc(Br)c1)C(=O)CN(c1ccc(C)c(C)c1)S(=O)(=O)c1ccc(C)cc1. The number of carbonyl (C=O) groups excluding carboxylic acids is 2. The molecule has 0 heterocycles. The Morgan fingerprint density at radius 2 is 1.65 bits per heavy atom. The van der Waals surface area contributed by atoms with E-state index in [9.17, 15) is 18.0 Å². The predicted molar refractivity (Wildman–Crippen MR) is 164 cm³/mol. The maximum atomic E-state index is 14.0. The van der Waals surface area contributed by atoms with Crippen LogP contribution in [0, 0.1) is 20.8 Å². The van der Waals surface area contributed by atoms with Crippen molar-refractivity contribution >= 4 is 43.5 Å². The zero-order chi connectivity index (χ0) is 29.4. The van der Waals surface area contributed by atoms with Gasteiger partial charge in [0.1, 0.15) is 12.6 Å². The van der Waals surface area contributed by atoms with Crippen molar-refractivity contribution < 1.29 is 18.0 Å². The van der Waals surface area contributed by atoms with Crippen LogP contribution < -0.4 is 9.62 Å². The van der Waals surface area contributed by atoms with E-state index < -0.39 is 28.5 Å². The number of nitrogens with zero attached hydrogens (tertiary/aromatic N) is 2. The van der Waals surface area contributed by atoms with Crippen LogP contribution in [0.2, 0.25) is 0 Å². The molecule has 0 aliphatic heterocycles. The molecule has 0 saturated carbocycles. The summed E-state index contributed by atoms with van der Waals surface area (Å²) in [5.74, 6) is -0.761. The van der Waals surface area contributed by atoms with Crippen molar-refractivity contribution in [3.63, 3.8) is 0 Å². The largest absolute Gasteiger partial charge is 0.354 e. The average Bonchev–Trinajstić information content (AvgIpc) is 2.91. The second-order valence-corrected chi connectivity index (χ2v) is 12.8. The summed E-state index contributed by atoms with van der Waals surface area (Å²) in [6, 6.07) is 18.6. The molecule has 3 aromatic rings. The summed E-state index contributed by atoms with van der Waals surface area (Å²) in [4.78, 5) is 28.6. The summed E-state index contributed by atoms with van der Waals surface area (Å²) in [5, 5.41) is 2.90. The van der Waals surface area contributed by atoms with Crippen LogP contribution in [0.15, 0.2) is 76.1 Å². The van der Waals surface area contributed by atoms with Crippen LogP contribution in [0.3, 0.4) is 0 Å². The number of hydrogen-bond acceptors (Lipinski definition) is 4. The molecular formula is C31H38BrN3O4S. The van der Waals surface area contributed by atoms with Gasteiger partial charge in [-0.15, -0.1) is 0 Å². The van der Waals surface area contributed by atoms with Gasteiger partial charge in [-0.1, -0.05) is 65.2 Å². The maximum Gasteiger partial charge on any atom is 0.264 e. The highest BCUT2D eigenvalue weighted by molar-refractivity contribution is 9.10. The van der Waals surface area contributed by atoms with E-state index in [-0.39, 0.29) is 17.3 Å². The van der Waals surface area contributed by atoms with Crippen molar-refractivity contribution in [1.29, 1.82) is 0 Å². The first-order valence-corrected chi connectivity index (χ1v) is 15.7. The Labute approximate surface area is 246 Å². The Morgan fingerprint density at radius 1 is 0.950 bits per heavy atom. The second-order valence-electron chi connectivity index (χ2n) is 10.1. The van der Waals surface area contributed by atoms with Gasteiger partial charge in [0.25, 0.3) is 10.0 Å². The molecule has 7 nitrogen and oxygen atoms in total. The minimum Gasteiger partial charge on any atom is -0.354 e. The lowest BCUT2D eigenvalue weighted by Crippen LogP contribution is -2.51. The van der Waals surface area contributed by atoms with Crippen LogP contribution >= 0.6 is 15.9 Å². The number of sulfonamides is 1. The lowest BCUT2D eigenvalue weighted by Gasteiger charge is -2.32. The van der Waals surface area contributed by atoms with E-state index in [2.05, 4.69) is 21.2 Å². The highest BCUT2D eigenvalue weighted by Crippen LogP contribution is 2.27. The Kier molecular flexibility index (Phi) is 10.9. The molecule has 40 heavy (non-hydrogen) atoms. The molecule has 214 valence electrons. The topological polar surface area (TPSA) is 86.8 Å². The number of nitrogens with one attached hydrogen (secondary N) is 1. The van der Waals surface area contributed by atoms with E-state index in [1.807, 2.05) is 58.0 Å². The molecule has 0 unspecified atom stereocenters. The third kappa shape index (κ3) is 7.95. The van der Waals surface area contributed by atoms with Crippen molar-refractivity contribution in [2.24, 2.45) is 0 Å². The molecule has 0 saturated heterocycles. The quantitative estimate of drug-likeness (QED) is 0.253. The fraction of sp³-hybridized carbons (Fsp3) is 0.355. The Balaban J connectivity index is 2.03. The fourth-order valence-electron chi connectivity index (χ4n) is 4.20. The molecule has 0 bridgehead atoms. The van der Waals surface area contributed by atoms with Crippen molar-refractivity contribution in [2.75, 3.05) is 17.4 Å². The van der Waals surface area contributed by atoms with Crippen molar-refractivity contribution in [2.45, 2.75) is 64.9 Å². The number of aryl methyl sites for hydroxylation is 3. The second kappa shape index (κ2) is 13.9. The number of hydrogen-bond donors (Lipinski definition) is 1. The molecular weight excluding hydrogens is 590 g/mol. The molecule has 9 heteroatoms. The lowest BCUT2D eigenvalue weighted by molar-refractivity contribution is -0.139. The third-order valence-electron chi connectivity index (χ3n) is 6.91. The van der Waals surface area contributed by atoms with Crippen molar-refractivity contribution in [1.82, 2.24) is 10.2 Å². The van der Waals surface area contributed by atoms with Gasteiger partial charge in [0.15, 0.2) is 0 Å². The van der Waals surface area contributed by atoms with E-state index >= 15 is 0 Å². The normalized spacial score (nSPS) is 12.1. The van der Waals surface area contributed by atoms with Crippen LogP contribution in [0.4, 0.5) is 5.69 Å². The van der Waals surface area contributed by atoms with Crippen LogP contribution in [-0.2, 0) is 26.2 Å². The number of anilines is 1. The summed E-state index contributed by atoms with van der Waals surface area (Å²) in [5.41, 5.74) is 4.05. The molecule has 3 aromatic carbocycles. The van der Waals surface area contributed by atoms with Gasteiger partial charge >= 0.3 is 0 Å². The summed E-state index contributed by atoms with van der Waals surface area (Å²) in [6.45, 7) is 9.63. The van der Waals surface area contributed by atoms with Gasteiger partial charge < -0.3 is 10.2 Å². The van der Waals surface area contributed by atoms with Crippen LogP contribution in [0.25, 0.3) is 0 Å². The van der Waals surface area contributed by atoms with Crippen LogP contribution in [0.5, 0.6) is 0 Å². The smallest absolute Gasteiger partial charge is 0.264 e. The molecule has 0 spiro atoms. The van der Waals surface area contributed by atoms with E-state index in [1.165, 1.54) is 4.90 Å². The highest BCUT2D eigenvalue weighted by Gasteiger charge is 2.32. The van der Waals surface area contributed by atoms with Gasteiger partial charge in [0, 0.05) is 17.6 Å². The first kappa shape index (κ1) is 31.4. The zero-order valence-electron chi connectivity index (χ0n) is 23.8. The minimum absolute atomic E-state index is 0.0908. The van der Waals surface area contributed by atoms with Gasteiger partial charge in [0.05, 0.1) is 10.6 Å². The van der Waals surface area contributed by atoms with Gasteiger partial charge in [-0.2, -0.15) is 0 Å². The van der Waals surface area contributed by atoms with Crippen LogP contribution in [-0.4, -0.2) is 44.3 Å². The summed E-state index contributed by atoms with van der Waals surface area (Å²) in [7, 11) is -4.09. The van der Waals surface area contributed by atoms with Crippen molar-refractivity contribution in [3.05, 3.63) is 93.5 Å². The predicted octanol–water partition coefficient (Wildman–Crippen LogP) is 5.90. The number of carbonyl (C=O) groups is 2. The Morgan fingerprint density at radius 3 is 2.27 bits per heavy atom. The Bertz CT molecular complexity index is 1440. The van der Waals surface area contributed by atoms with E-state index in [1.54, 1.807) is 43.3 Å². The number of amides is 2. The first-order chi connectivity index (χ1) is 18.9. The van der Waals surface area contributed by atoms with Gasteiger partial charge in [-0.3, -0.25) is 13.9 Å². The lowest BCUT2D eigenvalue weighted by atomic mass is 10.1. The maximum absolute atomic E-state index is 14.0. The molecule has 1 N–H and O–H groups in total. The number of benzene rings is 3. The zero-order valence-corrected chi connectivity index (χ0v) is 26.2. The molecule has 3 rings (SSSR count). The summed E-state index contributed by atoms with van der Waals surface area (Å²) >= 11 is 3.47. The van der Waals surface area contributed by atoms with Crippen molar-refractivity contribution in [3.8, 4) is 0 Å². The van der Waals surface area contributed by atoms with Gasteiger partial charge in [-0.25, -0.2) is 8.42 Å². The number of halogens is 1. The van der Waals surface area contributed by atoms with Gasteiger partial charge in [-0.05, 0) is 87.2 Å². The molecule has 0 fully saturated rings.